The maximum Gasteiger partial charge on any atom is 0.213 e. The molecule has 2 rings (SSSR count). The number of pyridine rings is 1. The normalized spacial score (nSPS) is 10.5. The third kappa shape index (κ3) is 2.55. The van der Waals surface area contributed by atoms with Crippen LogP contribution in [0.1, 0.15) is 23.0 Å². The molecule has 2 aromatic heterocycles. The standard InChI is InChI=1S/C12H16N4O/c1-7-4-5-10(13)12(15-7)14-6-11-16-8(2)9(3)17-11/h4-5H,6,13H2,1-3H3,(H,14,15). The van der Waals surface area contributed by atoms with E-state index in [0.717, 1.165) is 17.1 Å². The smallest absolute Gasteiger partial charge is 0.213 e. The summed E-state index contributed by atoms with van der Waals surface area (Å²) in [5.74, 6) is 2.15. The second-order valence-corrected chi connectivity index (χ2v) is 3.99. The molecule has 0 atom stereocenters. The highest BCUT2D eigenvalue weighted by molar-refractivity contribution is 5.61. The summed E-state index contributed by atoms with van der Waals surface area (Å²) in [5, 5.41) is 3.12. The Balaban J connectivity index is 2.09. The van der Waals surface area contributed by atoms with E-state index in [1.807, 2.05) is 32.9 Å². The van der Waals surface area contributed by atoms with Crippen LogP contribution in [0, 0.1) is 20.8 Å². The maximum atomic E-state index is 5.81. The number of nitrogens with one attached hydrogen (secondary N) is 1. The average Bonchev–Trinajstić information content (AvgIpc) is 2.60. The molecule has 0 spiro atoms. The summed E-state index contributed by atoms with van der Waals surface area (Å²) < 4.78 is 5.46. The molecule has 0 amide bonds. The van der Waals surface area contributed by atoms with Crippen LogP contribution in [0.2, 0.25) is 0 Å². The summed E-state index contributed by atoms with van der Waals surface area (Å²) in [5.41, 5.74) is 8.26. The van der Waals surface area contributed by atoms with Gasteiger partial charge in [0.25, 0.3) is 0 Å². The van der Waals surface area contributed by atoms with Gasteiger partial charge in [-0.2, -0.15) is 0 Å². The van der Waals surface area contributed by atoms with E-state index in [1.54, 1.807) is 0 Å². The summed E-state index contributed by atoms with van der Waals surface area (Å²) in [6.45, 7) is 6.21. The number of anilines is 2. The number of hydrogen-bond acceptors (Lipinski definition) is 5. The van der Waals surface area contributed by atoms with Crippen molar-refractivity contribution in [3.8, 4) is 0 Å². The molecular weight excluding hydrogens is 216 g/mol. The van der Waals surface area contributed by atoms with Crippen LogP contribution in [0.25, 0.3) is 0 Å². The maximum absolute atomic E-state index is 5.81. The fourth-order valence-electron chi connectivity index (χ4n) is 1.48. The average molecular weight is 232 g/mol. The van der Waals surface area contributed by atoms with Crippen molar-refractivity contribution in [2.75, 3.05) is 11.1 Å². The Bertz CT molecular complexity index is 514. The summed E-state index contributed by atoms with van der Waals surface area (Å²) in [6, 6.07) is 3.71. The molecule has 0 aliphatic heterocycles. The van der Waals surface area contributed by atoms with E-state index in [1.165, 1.54) is 0 Å². The van der Waals surface area contributed by atoms with Gasteiger partial charge >= 0.3 is 0 Å². The molecular formula is C12H16N4O. The quantitative estimate of drug-likeness (QED) is 0.848. The molecule has 2 aromatic rings. The Morgan fingerprint density at radius 1 is 1.24 bits per heavy atom. The molecule has 2 heterocycles. The van der Waals surface area contributed by atoms with Gasteiger partial charge in [-0.25, -0.2) is 9.97 Å². The second kappa shape index (κ2) is 4.45. The molecule has 3 N–H and O–H groups in total. The fraction of sp³-hybridized carbons (Fsp3) is 0.333. The van der Waals surface area contributed by atoms with Gasteiger partial charge in [0.1, 0.15) is 11.6 Å². The van der Waals surface area contributed by atoms with Crippen molar-refractivity contribution in [3.63, 3.8) is 0 Å². The third-order valence-electron chi connectivity index (χ3n) is 2.55. The van der Waals surface area contributed by atoms with E-state index in [4.69, 9.17) is 10.2 Å². The highest BCUT2D eigenvalue weighted by Gasteiger charge is 2.06. The van der Waals surface area contributed by atoms with E-state index in [9.17, 15) is 0 Å². The SMILES string of the molecule is Cc1ccc(N)c(NCc2nc(C)c(C)o2)n1. The minimum atomic E-state index is 0.481. The molecule has 0 aromatic carbocycles. The van der Waals surface area contributed by atoms with Gasteiger partial charge in [-0.05, 0) is 32.9 Å². The number of aromatic nitrogens is 2. The molecule has 0 bridgehead atoms. The van der Waals surface area contributed by atoms with Gasteiger partial charge in [0.05, 0.1) is 17.9 Å². The Morgan fingerprint density at radius 2 is 2.00 bits per heavy atom. The lowest BCUT2D eigenvalue weighted by Gasteiger charge is -2.06. The van der Waals surface area contributed by atoms with Crippen molar-refractivity contribution in [2.24, 2.45) is 0 Å². The highest BCUT2D eigenvalue weighted by Crippen LogP contribution is 2.17. The van der Waals surface area contributed by atoms with Gasteiger partial charge in [-0.3, -0.25) is 0 Å². The fourth-order valence-corrected chi connectivity index (χ4v) is 1.48. The van der Waals surface area contributed by atoms with Crippen LogP contribution in [-0.4, -0.2) is 9.97 Å². The second-order valence-electron chi connectivity index (χ2n) is 3.99. The molecule has 0 fully saturated rings. The van der Waals surface area contributed by atoms with Crippen molar-refractivity contribution in [1.82, 2.24) is 9.97 Å². The summed E-state index contributed by atoms with van der Waals surface area (Å²) in [4.78, 5) is 8.59. The molecule has 0 radical (unpaired) electrons. The van der Waals surface area contributed by atoms with Crippen LogP contribution >= 0.6 is 0 Å². The lowest BCUT2D eigenvalue weighted by atomic mass is 10.3. The van der Waals surface area contributed by atoms with Gasteiger partial charge in [-0.15, -0.1) is 0 Å². The molecule has 0 saturated heterocycles. The van der Waals surface area contributed by atoms with Gasteiger partial charge in [0.15, 0.2) is 0 Å². The minimum absolute atomic E-state index is 0.481. The Hall–Kier alpha value is -2.04. The van der Waals surface area contributed by atoms with Crippen LogP contribution in [0.5, 0.6) is 0 Å². The van der Waals surface area contributed by atoms with Crippen molar-refractivity contribution in [3.05, 3.63) is 35.2 Å². The summed E-state index contributed by atoms with van der Waals surface area (Å²) >= 11 is 0. The Kier molecular flexibility index (Phi) is 2.99. The Morgan fingerprint density at radius 3 is 2.65 bits per heavy atom. The predicted molar refractivity (Wildman–Crippen MR) is 66.7 cm³/mol. The van der Waals surface area contributed by atoms with Crippen molar-refractivity contribution in [2.45, 2.75) is 27.3 Å². The van der Waals surface area contributed by atoms with Crippen molar-refractivity contribution < 1.29 is 4.42 Å². The monoisotopic (exact) mass is 232 g/mol. The topological polar surface area (TPSA) is 77.0 Å². The molecule has 5 heteroatoms. The molecule has 0 aliphatic carbocycles. The van der Waals surface area contributed by atoms with Crippen LogP contribution in [0.3, 0.4) is 0 Å². The zero-order valence-corrected chi connectivity index (χ0v) is 10.2. The number of hydrogen-bond donors (Lipinski definition) is 2. The summed E-state index contributed by atoms with van der Waals surface area (Å²) in [7, 11) is 0. The summed E-state index contributed by atoms with van der Waals surface area (Å²) in [6.07, 6.45) is 0. The Labute approximate surface area is 100 Å². The number of nitrogens with two attached hydrogens (primary N) is 1. The van der Waals surface area contributed by atoms with Gasteiger partial charge in [0.2, 0.25) is 5.89 Å². The van der Waals surface area contributed by atoms with Gasteiger partial charge < -0.3 is 15.5 Å². The van der Waals surface area contributed by atoms with Crippen LogP contribution in [0.4, 0.5) is 11.5 Å². The molecule has 90 valence electrons. The minimum Gasteiger partial charge on any atom is -0.444 e. The van der Waals surface area contributed by atoms with E-state index < -0.39 is 0 Å². The third-order valence-corrected chi connectivity index (χ3v) is 2.55. The molecule has 0 unspecified atom stereocenters. The van der Waals surface area contributed by atoms with E-state index in [-0.39, 0.29) is 0 Å². The van der Waals surface area contributed by atoms with Crippen LogP contribution < -0.4 is 11.1 Å². The zero-order chi connectivity index (χ0) is 12.4. The molecule has 5 nitrogen and oxygen atoms in total. The molecule has 17 heavy (non-hydrogen) atoms. The van der Waals surface area contributed by atoms with E-state index >= 15 is 0 Å². The molecule has 0 saturated carbocycles. The number of oxazole rings is 1. The first-order valence-corrected chi connectivity index (χ1v) is 5.46. The van der Waals surface area contributed by atoms with Crippen LogP contribution in [0.15, 0.2) is 16.5 Å². The van der Waals surface area contributed by atoms with Gasteiger partial charge in [-0.1, -0.05) is 0 Å². The van der Waals surface area contributed by atoms with Crippen LogP contribution in [-0.2, 0) is 6.54 Å². The van der Waals surface area contributed by atoms with Gasteiger partial charge in [0, 0.05) is 5.69 Å². The number of nitrogens with zero attached hydrogens (tertiary/aromatic N) is 2. The highest BCUT2D eigenvalue weighted by atomic mass is 16.4. The number of rotatable bonds is 3. The first kappa shape index (κ1) is 11.4. The number of nitrogen functional groups attached to an aromatic ring is 1. The lowest BCUT2D eigenvalue weighted by Crippen LogP contribution is -2.05. The van der Waals surface area contributed by atoms with E-state index in [0.29, 0.717) is 23.9 Å². The predicted octanol–water partition coefficient (Wildman–Crippen LogP) is 2.19. The number of aryl methyl sites for hydroxylation is 3. The molecule has 0 aliphatic rings. The largest absolute Gasteiger partial charge is 0.444 e. The lowest BCUT2D eigenvalue weighted by molar-refractivity contribution is 0.478. The van der Waals surface area contributed by atoms with Crippen molar-refractivity contribution >= 4 is 11.5 Å². The first-order valence-electron chi connectivity index (χ1n) is 5.46. The first-order chi connectivity index (χ1) is 8.06. The van der Waals surface area contributed by atoms with Crippen molar-refractivity contribution in [1.29, 1.82) is 0 Å². The zero-order valence-electron chi connectivity index (χ0n) is 10.2. The van der Waals surface area contributed by atoms with E-state index in [2.05, 4.69) is 15.3 Å².